The molecule has 0 radical (unpaired) electrons. The van der Waals surface area contributed by atoms with Gasteiger partial charge in [0, 0.05) is 25.9 Å². The van der Waals surface area contributed by atoms with Crippen molar-refractivity contribution in [3.05, 3.63) is 12.2 Å². The van der Waals surface area contributed by atoms with Crippen LogP contribution in [0.5, 0.6) is 0 Å². The summed E-state index contributed by atoms with van der Waals surface area (Å²) in [5.74, 6) is -0.367. The minimum Gasteiger partial charge on any atom is -0.356 e. The fourth-order valence-corrected chi connectivity index (χ4v) is 3.12. The van der Waals surface area contributed by atoms with Crippen molar-refractivity contribution < 1.29 is 14.4 Å². The largest absolute Gasteiger partial charge is 0.356 e. The summed E-state index contributed by atoms with van der Waals surface area (Å²) < 4.78 is 0. The molecule has 0 aromatic rings. The normalized spacial score (nSPS) is 12.0. The molecule has 0 saturated heterocycles. The van der Waals surface area contributed by atoms with Gasteiger partial charge in [0.05, 0.1) is 0 Å². The molecule has 0 aromatic heterocycles. The Balaban J connectivity index is 4.28. The zero-order valence-corrected chi connectivity index (χ0v) is 20.3. The van der Waals surface area contributed by atoms with Crippen molar-refractivity contribution in [2.45, 2.75) is 117 Å². The number of amides is 3. The molecule has 0 fully saturated rings. The molecule has 0 spiro atoms. The third-order valence-corrected chi connectivity index (χ3v) is 5.14. The third kappa shape index (κ3) is 18.6. The first kappa shape index (κ1) is 29.1. The van der Waals surface area contributed by atoms with Crippen LogP contribution in [-0.4, -0.2) is 36.9 Å². The van der Waals surface area contributed by atoms with Gasteiger partial charge in [0.25, 0.3) is 0 Å². The standard InChI is InChI=1S/C25H47N3O3/c1-4-7-10-11-12-13-14-15-16-17-24(30)28-22(25(31)27-21-9-6-3)18-19-23(29)26-20-8-5-2/h10-11,22H,4-9,12-21H2,1-3H3,(H,26,29)(H,27,31)(H,28,30)/b11-10+/t22-/m0/s1. The molecule has 0 saturated carbocycles. The number of nitrogens with one attached hydrogen (secondary N) is 3. The lowest BCUT2D eigenvalue weighted by Crippen LogP contribution is -2.47. The fourth-order valence-electron chi connectivity index (χ4n) is 3.12. The van der Waals surface area contributed by atoms with Crippen molar-refractivity contribution in [2.24, 2.45) is 0 Å². The van der Waals surface area contributed by atoms with E-state index < -0.39 is 6.04 Å². The predicted octanol–water partition coefficient (Wildman–Crippen LogP) is 4.78. The van der Waals surface area contributed by atoms with Crippen LogP contribution in [0.4, 0.5) is 0 Å². The van der Waals surface area contributed by atoms with E-state index in [0.29, 0.717) is 25.9 Å². The average Bonchev–Trinajstić information content (AvgIpc) is 2.75. The lowest BCUT2D eigenvalue weighted by molar-refractivity contribution is -0.129. The maximum atomic E-state index is 12.5. The number of carbonyl (C=O) groups is 3. The predicted molar refractivity (Wildman–Crippen MR) is 129 cm³/mol. The lowest BCUT2D eigenvalue weighted by Gasteiger charge is -2.18. The van der Waals surface area contributed by atoms with Crippen LogP contribution in [0.1, 0.15) is 111 Å². The Kier molecular flexibility index (Phi) is 20.1. The molecular weight excluding hydrogens is 390 g/mol. The number of allylic oxidation sites excluding steroid dienone is 2. The molecule has 0 aromatic carbocycles. The van der Waals surface area contributed by atoms with Gasteiger partial charge in [-0.2, -0.15) is 0 Å². The second-order valence-corrected chi connectivity index (χ2v) is 8.22. The highest BCUT2D eigenvalue weighted by molar-refractivity contribution is 5.88. The molecule has 0 aliphatic carbocycles. The van der Waals surface area contributed by atoms with Crippen LogP contribution in [0.3, 0.4) is 0 Å². The monoisotopic (exact) mass is 437 g/mol. The van der Waals surface area contributed by atoms with Crippen molar-refractivity contribution in [3.63, 3.8) is 0 Å². The van der Waals surface area contributed by atoms with Gasteiger partial charge in [-0.25, -0.2) is 0 Å². The summed E-state index contributed by atoms with van der Waals surface area (Å²) in [6, 6.07) is -0.648. The van der Waals surface area contributed by atoms with E-state index in [0.717, 1.165) is 64.2 Å². The second kappa shape index (κ2) is 21.4. The summed E-state index contributed by atoms with van der Waals surface area (Å²) in [6.07, 6.45) is 16.9. The highest BCUT2D eigenvalue weighted by Gasteiger charge is 2.21. The lowest BCUT2D eigenvalue weighted by atomic mass is 10.1. The Morgan fingerprint density at radius 3 is 2.00 bits per heavy atom. The van der Waals surface area contributed by atoms with Gasteiger partial charge in [-0.15, -0.1) is 0 Å². The van der Waals surface area contributed by atoms with Gasteiger partial charge in [-0.3, -0.25) is 14.4 Å². The molecule has 31 heavy (non-hydrogen) atoms. The minimum atomic E-state index is -0.648. The molecule has 180 valence electrons. The average molecular weight is 438 g/mol. The third-order valence-electron chi connectivity index (χ3n) is 5.14. The maximum Gasteiger partial charge on any atom is 0.242 e. The zero-order chi connectivity index (χ0) is 23.2. The Morgan fingerprint density at radius 2 is 1.32 bits per heavy atom. The first-order valence-corrected chi connectivity index (χ1v) is 12.5. The summed E-state index contributed by atoms with van der Waals surface area (Å²) in [7, 11) is 0. The SMILES string of the molecule is CCC/C=C/CCCCCCC(=O)N[C@@H](CCC(=O)NCCCC)C(=O)NCCCC. The molecule has 0 bridgehead atoms. The Hall–Kier alpha value is -1.85. The Bertz CT molecular complexity index is 506. The number of hydrogen-bond donors (Lipinski definition) is 3. The van der Waals surface area contributed by atoms with Crippen LogP contribution in [0.25, 0.3) is 0 Å². The highest BCUT2D eigenvalue weighted by atomic mass is 16.2. The maximum absolute atomic E-state index is 12.5. The van der Waals surface area contributed by atoms with E-state index in [1.807, 2.05) is 0 Å². The summed E-state index contributed by atoms with van der Waals surface area (Å²) in [4.78, 5) is 36.8. The molecule has 1 atom stereocenters. The van der Waals surface area contributed by atoms with Crippen molar-refractivity contribution >= 4 is 17.7 Å². The molecule has 0 rings (SSSR count). The first-order valence-electron chi connectivity index (χ1n) is 12.5. The second-order valence-electron chi connectivity index (χ2n) is 8.22. The van der Waals surface area contributed by atoms with E-state index >= 15 is 0 Å². The van der Waals surface area contributed by atoms with Crippen LogP contribution in [0, 0.1) is 0 Å². The van der Waals surface area contributed by atoms with E-state index in [1.54, 1.807) is 0 Å². The Labute approximate surface area is 190 Å². The van der Waals surface area contributed by atoms with E-state index in [1.165, 1.54) is 6.42 Å². The van der Waals surface area contributed by atoms with E-state index in [9.17, 15) is 14.4 Å². The molecule has 3 amide bonds. The Morgan fingerprint density at radius 1 is 0.677 bits per heavy atom. The molecule has 3 N–H and O–H groups in total. The van der Waals surface area contributed by atoms with Crippen molar-refractivity contribution in [3.8, 4) is 0 Å². The van der Waals surface area contributed by atoms with Crippen molar-refractivity contribution in [1.29, 1.82) is 0 Å². The quantitative estimate of drug-likeness (QED) is 0.189. The van der Waals surface area contributed by atoms with Gasteiger partial charge in [-0.05, 0) is 44.9 Å². The van der Waals surface area contributed by atoms with Gasteiger partial charge in [-0.1, -0.05) is 65.0 Å². The first-order chi connectivity index (χ1) is 15.0. The minimum absolute atomic E-state index is 0.0676. The molecule has 6 nitrogen and oxygen atoms in total. The molecule has 0 heterocycles. The van der Waals surface area contributed by atoms with Crippen LogP contribution in [0.2, 0.25) is 0 Å². The van der Waals surface area contributed by atoms with Gasteiger partial charge in [0.1, 0.15) is 6.04 Å². The van der Waals surface area contributed by atoms with Gasteiger partial charge in [0.2, 0.25) is 17.7 Å². The zero-order valence-electron chi connectivity index (χ0n) is 20.3. The van der Waals surface area contributed by atoms with Gasteiger partial charge in [0.15, 0.2) is 0 Å². The molecule has 0 unspecified atom stereocenters. The van der Waals surface area contributed by atoms with Crippen LogP contribution < -0.4 is 16.0 Å². The molecule has 6 heteroatoms. The van der Waals surface area contributed by atoms with Crippen molar-refractivity contribution in [2.75, 3.05) is 13.1 Å². The number of hydrogen-bond acceptors (Lipinski definition) is 3. The van der Waals surface area contributed by atoms with Crippen molar-refractivity contribution in [1.82, 2.24) is 16.0 Å². The van der Waals surface area contributed by atoms with Gasteiger partial charge >= 0.3 is 0 Å². The van der Waals surface area contributed by atoms with Crippen LogP contribution in [0.15, 0.2) is 12.2 Å². The fraction of sp³-hybridized carbons (Fsp3) is 0.800. The van der Waals surface area contributed by atoms with Crippen LogP contribution >= 0.6 is 0 Å². The van der Waals surface area contributed by atoms with Gasteiger partial charge < -0.3 is 16.0 Å². The summed E-state index contributed by atoms with van der Waals surface area (Å²) >= 11 is 0. The summed E-state index contributed by atoms with van der Waals surface area (Å²) in [5.41, 5.74) is 0. The summed E-state index contributed by atoms with van der Waals surface area (Å²) in [6.45, 7) is 7.56. The highest BCUT2D eigenvalue weighted by Crippen LogP contribution is 2.07. The van der Waals surface area contributed by atoms with E-state index in [4.69, 9.17) is 0 Å². The van der Waals surface area contributed by atoms with E-state index in [2.05, 4.69) is 48.9 Å². The molecular formula is C25H47N3O3. The smallest absolute Gasteiger partial charge is 0.242 e. The summed E-state index contributed by atoms with van der Waals surface area (Å²) in [5, 5.41) is 8.59. The van der Waals surface area contributed by atoms with E-state index in [-0.39, 0.29) is 24.1 Å². The molecule has 0 aliphatic rings. The van der Waals surface area contributed by atoms with Crippen LogP contribution in [-0.2, 0) is 14.4 Å². The number of unbranched alkanes of at least 4 members (excludes halogenated alkanes) is 7. The number of carbonyl (C=O) groups excluding carboxylic acids is 3. The topological polar surface area (TPSA) is 87.3 Å². The number of rotatable bonds is 20. The molecule has 0 aliphatic heterocycles.